The van der Waals surface area contributed by atoms with Gasteiger partial charge in [0.1, 0.15) is 0 Å². The molecular weight excluding hydrogens is 204 g/mol. The van der Waals surface area contributed by atoms with Crippen LogP contribution in [0.1, 0.15) is 12.7 Å². The van der Waals surface area contributed by atoms with Crippen LogP contribution in [0.4, 0.5) is 0 Å². The maximum absolute atomic E-state index is 5.16. The van der Waals surface area contributed by atoms with Gasteiger partial charge in [-0.3, -0.25) is 5.10 Å². The molecule has 0 bridgehead atoms. The van der Waals surface area contributed by atoms with Gasteiger partial charge >= 0.3 is 0 Å². The molecule has 5 heteroatoms. The predicted octanol–water partition coefficient (Wildman–Crippen LogP) is 2.18. The Morgan fingerprint density at radius 1 is 1.31 bits per heavy atom. The molecule has 3 rings (SSSR count). The molecule has 0 spiro atoms. The molecule has 80 valence electrons. The molecule has 0 saturated heterocycles. The summed E-state index contributed by atoms with van der Waals surface area (Å²) in [5, 5.41) is 12.0. The Bertz CT molecular complexity index is 625. The lowest BCUT2D eigenvalue weighted by molar-refractivity contribution is 0.422. The Kier molecular flexibility index (Phi) is 1.96. The van der Waals surface area contributed by atoms with Crippen molar-refractivity contribution in [1.29, 1.82) is 0 Å². The van der Waals surface area contributed by atoms with E-state index in [-0.39, 0.29) is 0 Å². The van der Waals surface area contributed by atoms with Crippen molar-refractivity contribution in [3.05, 3.63) is 30.1 Å². The average Bonchev–Trinajstić information content (AvgIpc) is 2.94. The largest absolute Gasteiger partial charge is 0.332 e. The normalized spacial score (nSPS) is 11.1. The number of aromatic amines is 1. The van der Waals surface area contributed by atoms with Crippen molar-refractivity contribution in [2.45, 2.75) is 13.3 Å². The van der Waals surface area contributed by atoms with E-state index in [1.54, 1.807) is 0 Å². The van der Waals surface area contributed by atoms with Crippen molar-refractivity contribution in [3.8, 4) is 11.6 Å². The lowest BCUT2D eigenvalue weighted by atomic mass is 10.2. The zero-order chi connectivity index (χ0) is 11.0. The summed E-state index contributed by atoms with van der Waals surface area (Å²) >= 11 is 0. The Balaban J connectivity index is 2.18. The van der Waals surface area contributed by atoms with E-state index in [9.17, 15) is 0 Å². The molecule has 0 aliphatic heterocycles. The third-order valence-corrected chi connectivity index (χ3v) is 2.46. The van der Waals surface area contributed by atoms with Gasteiger partial charge < -0.3 is 4.52 Å². The zero-order valence-corrected chi connectivity index (χ0v) is 8.77. The number of H-pyrrole nitrogens is 1. The summed E-state index contributed by atoms with van der Waals surface area (Å²) < 4.78 is 5.16. The van der Waals surface area contributed by atoms with E-state index >= 15 is 0 Å². The standard InChI is InChI=1S/C11H10N4O/c1-2-9-12-11(16-15-9)10-7-5-3-4-6-8(7)13-14-10/h3-6H,2H2,1H3,(H,13,14). The topological polar surface area (TPSA) is 67.6 Å². The van der Waals surface area contributed by atoms with Crippen LogP contribution in [0, 0.1) is 0 Å². The second-order valence-electron chi connectivity index (χ2n) is 3.49. The number of aryl methyl sites for hydroxylation is 1. The molecule has 2 aromatic heterocycles. The fraction of sp³-hybridized carbons (Fsp3) is 0.182. The maximum Gasteiger partial charge on any atom is 0.279 e. The third kappa shape index (κ3) is 1.29. The number of hydrogen-bond donors (Lipinski definition) is 1. The number of benzene rings is 1. The van der Waals surface area contributed by atoms with Gasteiger partial charge in [-0.2, -0.15) is 10.1 Å². The SMILES string of the molecule is CCc1noc(-c2n[nH]c3ccccc23)n1. The highest BCUT2D eigenvalue weighted by Crippen LogP contribution is 2.24. The summed E-state index contributed by atoms with van der Waals surface area (Å²) in [6, 6.07) is 7.85. The van der Waals surface area contributed by atoms with Gasteiger partial charge in [0, 0.05) is 11.8 Å². The van der Waals surface area contributed by atoms with Gasteiger partial charge in [0.2, 0.25) is 0 Å². The van der Waals surface area contributed by atoms with Crippen molar-refractivity contribution < 1.29 is 4.52 Å². The van der Waals surface area contributed by atoms with Gasteiger partial charge in [-0.05, 0) is 6.07 Å². The van der Waals surface area contributed by atoms with Crippen LogP contribution in [-0.4, -0.2) is 20.3 Å². The first-order valence-electron chi connectivity index (χ1n) is 5.14. The van der Waals surface area contributed by atoms with Crippen LogP contribution in [0.2, 0.25) is 0 Å². The van der Waals surface area contributed by atoms with Crippen molar-refractivity contribution in [2.24, 2.45) is 0 Å². The number of aromatic nitrogens is 4. The van der Waals surface area contributed by atoms with E-state index in [4.69, 9.17) is 4.52 Å². The predicted molar refractivity (Wildman–Crippen MR) is 58.8 cm³/mol. The lowest BCUT2D eigenvalue weighted by Gasteiger charge is -1.88. The van der Waals surface area contributed by atoms with Crippen molar-refractivity contribution in [1.82, 2.24) is 20.3 Å². The Morgan fingerprint density at radius 2 is 2.19 bits per heavy atom. The smallest absolute Gasteiger partial charge is 0.279 e. The van der Waals surface area contributed by atoms with Gasteiger partial charge in [-0.15, -0.1) is 0 Å². The molecule has 1 N–H and O–H groups in total. The summed E-state index contributed by atoms with van der Waals surface area (Å²) in [5.74, 6) is 1.16. The number of nitrogens with one attached hydrogen (secondary N) is 1. The molecule has 0 unspecified atom stereocenters. The molecule has 0 aliphatic carbocycles. The molecule has 0 atom stereocenters. The highest BCUT2D eigenvalue weighted by molar-refractivity contribution is 5.90. The summed E-state index contributed by atoms with van der Waals surface area (Å²) in [6.07, 6.45) is 0.756. The lowest BCUT2D eigenvalue weighted by Crippen LogP contribution is -1.82. The van der Waals surface area contributed by atoms with Gasteiger partial charge in [0.15, 0.2) is 11.5 Å². The Hall–Kier alpha value is -2.17. The molecule has 16 heavy (non-hydrogen) atoms. The Labute approximate surface area is 91.5 Å². The summed E-state index contributed by atoms with van der Waals surface area (Å²) in [7, 11) is 0. The molecule has 2 heterocycles. The minimum atomic E-state index is 0.467. The van der Waals surface area contributed by atoms with Gasteiger partial charge in [0.05, 0.1) is 5.52 Å². The van der Waals surface area contributed by atoms with Crippen molar-refractivity contribution in [3.63, 3.8) is 0 Å². The van der Waals surface area contributed by atoms with E-state index in [0.29, 0.717) is 17.4 Å². The van der Waals surface area contributed by atoms with Gasteiger partial charge in [0.25, 0.3) is 5.89 Å². The van der Waals surface area contributed by atoms with E-state index in [1.165, 1.54) is 0 Å². The van der Waals surface area contributed by atoms with Crippen LogP contribution in [0.5, 0.6) is 0 Å². The quantitative estimate of drug-likeness (QED) is 0.709. The van der Waals surface area contributed by atoms with Crippen molar-refractivity contribution >= 4 is 10.9 Å². The minimum absolute atomic E-state index is 0.467. The van der Waals surface area contributed by atoms with E-state index in [0.717, 1.165) is 17.3 Å². The van der Waals surface area contributed by atoms with E-state index < -0.39 is 0 Å². The van der Waals surface area contributed by atoms with Crippen molar-refractivity contribution in [2.75, 3.05) is 0 Å². The summed E-state index contributed by atoms with van der Waals surface area (Å²) in [4.78, 5) is 4.26. The van der Waals surface area contributed by atoms with E-state index in [2.05, 4.69) is 20.3 Å². The van der Waals surface area contributed by atoms with Crippen LogP contribution in [0.25, 0.3) is 22.5 Å². The Morgan fingerprint density at radius 3 is 3.00 bits per heavy atom. The number of rotatable bonds is 2. The molecule has 0 amide bonds. The second-order valence-corrected chi connectivity index (χ2v) is 3.49. The first kappa shape index (κ1) is 9.08. The number of nitrogens with zero attached hydrogens (tertiary/aromatic N) is 3. The van der Waals surface area contributed by atoms with Crippen LogP contribution < -0.4 is 0 Å². The van der Waals surface area contributed by atoms with Crippen LogP contribution in [0.3, 0.4) is 0 Å². The van der Waals surface area contributed by atoms with Gasteiger partial charge in [-0.25, -0.2) is 0 Å². The third-order valence-electron chi connectivity index (χ3n) is 2.46. The van der Waals surface area contributed by atoms with Gasteiger partial charge in [-0.1, -0.05) is 30.3 Å². The first-order valence-corrected chi connectivity index (χ1v) is 5.14. The van der Waals surface area contributed by atoms with Crippen LogP contribution >= 0.6 is 0 Å². The van der Waals surface area contributed by atoms with Crippen LogP contribution in [0.15, 0.2) is 28.8 Å². The number of para-hydroxylation sites is 1. The maximum atomic E-state index is 5.16. The fourth-order valence-electron chi connectivity index (χ4n) is 1.62. The monoisotopic (exact) mass is 214 g/mol. The molecule has 0 saturated carbocycles. The second kappa shape index (κ2) is 3.44. The fourth-order valence-corrected chi connectivity index (χ4v) is 1.62. The highest BCUT2D eigenvalue weighted by atomic mass is 16.5. The molecule has 0 radical (unpaired) electrons. The summed E-state index contributed by atoms with van der Waals surface area (Å²) in [5.41, 5.74) is 1.68. The molecule has 5 nitrogen and oxygen atoms in total. The minimum Gasteiger partial charge on any atom is -0.332 e. The number of fused-ring (bicyclic) bond motifs is 1. The van der Waals surface area contributed by atoms with Crippen LogP contribution in [-0.2, 0) is 6.42 Å². The highest BCUT2D eigenvalue weighted by Gasteiger charge is 2.13. The molecule has 1 aromatic carbocycles. The number of hydrogen-bond acceptors (Lipinski definition) is 4. The molecular formula is C11H10N4O. The molecule has 0 fully saturated rings. The molecule has 0 aliphatic rings. The molecule has 3 aromatic rings. The first-order chi connectivity index (χ1) is 7.88. The average molecular weight is 214 g/mol. The summed E-state index contributed by atoms with van der Waals surface area (Å²) in [6.45, 7) is 1.98. The zero-order valence-electron chi connectivity index (χ0n) is 8.77. The van der Waals surface area contributed by atoms with E-state index in [1.807, 2.05) is 31.2 Å².